The maximum Gasteiger partial charge on any atom is 0.201 e. The number of imidazole rings is 1. The van der Waals surface area contributed by atoms with Gasteiger partial charge in [-0.3, -0.25) is 0 Å². The smallest absolute Gasteiger partial charge is 0.201 e. The maximum atomic E-state index is 9.39. The summed E-state index contributed by atoms with van der Waals surface area (Å²) in [5, 5.41) is 18.2. The summed E-state index contributed by atoms with van der Waals surface area (Å²) in [5.74, 6) is 0.342. The van der Waals surface area contributed by atoms with Crippen LogP contribution < -0.4 is 5.73 Å². The number of benzene rings is 1. The van der Waals surface area contributed by atoms with Gasteiger partial charge in [-0.1, -0.05) is 0 Å². The van der Waals surface area contributed by atoms with Crippen molar-refractivity contribution in [3.63, 3.8) is 0 Å². The standard InChI is InChI=1S/C12H14N4O/c1-12(2,7-17)16-10-4-3-8(6-13)5-9(10)15-11(16)14/h3-5,17H,7H2,1-2H3,(H2,14,15). The molecule has 0 saturated carbocycles. The summed E-state index contributed by atoms with van der Waals surface area (Å²) in [6.45, 7) is 3.72. The zero-order valence-corrected chi connectivity index (χ0v) is 9.81. The second-order valence-corrected chi connectivity index (χ2v) is 4.59. The van der Waals surface area contributed by atoms with Gasteiger partial charge < -0.3 is 15.4 Å². The first kappa shape index (κ1) is 11.4. The lowest BCUT2D eigenvalue weighted by atomic mass is 10.1. The summed E-state index contributed by atoms with van der Waals surface area (Å²) < 4.78 is 1.78. The van der Waals surface area contributed by atoms with Crippen LogP contribution in [0, 0.1) is 11.3 Å². The number of nitrogen functional groups attached to an aromatic ring is 1. The molecule has 0 aliphatic carbocycles. The quantitative estimate of drug-likeness (QED) is 0.811. The van der Waals surface area contributed by atoms with Gasteiger partial charge in [-0.2, -0.15) is 5.26 Å². The van der Waals surface area contributed by atoms with Gasteiger partial charge in [-0.05, 0) is 32.0 Å². The highest BCUT2D eigenvalue weighted by Crippen LogP contribution is 2.26. The Balaban J connectivity index is 2.74. The number of nitrogens with zero attached hydrogens (tertiary/aromatic N) is 3. The Morgan fingerprint density at radius 3 is 2.82 bits per heavy atom. The van der Waals surface area contributed by atoms with Crippen LogP contribution in [0.3, 0.4) is 0 Å². The molecule has 2 rings (SSSR count). The minimum absolute atomic E-state index is 0.0390. The number of nitrogens with two attached hydrogens (primary N) is 1. The molecule has 1 aromatic heterocycles. The van der Waals surface area contributed by atoms with E-state index in [1.807, 2.05) is 13.8 Å². The molecular weight excluding hydrogens is 216 g/mol. The molecule has 5 heteroatoms. The molecule has 0 saturated heterocycles. The minimum atomic E-state index is -0.521. The first-order valence-corrected chi connectivity index (χ1v) is 5.29. The molecule has 3 N–H and O–H groups in total. The summed E-state index contributed by atoms with van der Waals surface area (Å²) in [5.41, 5.74) is 7.38. The largest absolute Gasteiger partial charge is 0.394 e. The monoisotopic (exact) mass is 230 g/mol. The maximum absolute atomic E-state index is 9.39. The van der Waals surface area contributed by atoms with Crippen molar-refractivity contribution in [3.05, 3.63) is 23.8 Å². The molecule has 17 heavy (non-hydrogen) atoms. The lowest BCUT2D eigenvalue weighted by Gasteiger charge is -2.25. The Morgan fingerprint density at radius 1 is 1.53 bits per heavy atom. The van der Waals surface area contributed by atoms with E-state index in [9.17, 15) is 5.11 Å². The normalized spacial score (nSPS) is 11.6. The highest BCUT2D eigenvalue weighted by molar-refractivity contribution is 5.80. The summed E-state index contributed by atoms with van der Waals surface area (Å²) in [4.78, 5) is 4.21. The highest BCUT2D eigenvalue weighted by atomic mass is 16.3. The molecule has 1 aromatic carbocycles. The van der Waals surface area contributed by atoms with E-state index >= 15 is 0 Å². The molecule has 0 amide bonds. The van der Waals surface area contributed by atoms with Crippen molar-refractivity contribution in [1.29, 1.82) is 5.26 Å². The predicted molar refractivity (Wildman–Crippen MR) is 65.3 cm³/mol. The summed E-state index contributed by atoms with van der Waals surface area (Å²) in [7, 11) is 0. The van der Waals surface area contributed by atoms with Crippen LogP contribution in [-0.4, -0.2) is 21.3 Å². The number of aliphatic hydroxyl groups excluding tert-OH is 1. The molecule has 2 aromatic rings. The van der Waals surface area contributed by atoms with Gasteiger partial charge in [0.1, 0.15) is 0 Å². The van der Waals surface area contributed by atoms with E-state index in [-0.39, 0.29) is 6.61 Å². The van der Waals surface area contributed by atoms with Crippen molar-refractivity contribution in [2.45, 2.75) is 19.4 Å². The van der Waals surface area contributed by atoms with Gasteiger partial charge in [-0.25, -0.2) is 4.98 Å². The molecule has 0 atom stereocenters. The molecule has 0 radical (unpaired) electrons. The predicted octanol–water partition coefficient (Wildman–Crippen LogP) is 1.22. The van der Waals surface area contributed by atoms with Crippen LogP contribution in [0.15, 0.2) is 18.2 Å². The van der Waals surface area contributed by atoms with Gasteiger partial charge in [-0.15, -0.1) is 0 Å². The van der Waals surface area contributed by atoms with Crippen molar-refractivity contribution in [3.8, 4) is 6.07 Å². The van der Waals surface area contributed by atoms with Gasteiger partial charge in [0, 0.05) is 0 Å². The number of rotatable bonds is 2. The van der Waals surface area contributed by atoms with Crippen LogP contribution >= 0.6 is 0 Å². The van der Waals surface area contributed by atoms with Crippen molar-refractivity contribution in [1.82, 2.24) is 9.55 Å². The Bertz CT molecular complexity index is 607. The van der Waals surface area contributed by atoms with Crippen molar-refractivity contribution in [2.75, 3.05) is 12.3 Å². The number of nitriles is 1. The van der Waals surface area contributed by atoms with Crippen LogP contribution in [-0.2, 0) is 5.54 Å². The lowest BCUT2D eigenvalue weighted by Crippen LogP contribution is -2.31. The number of anilines is 1. The molecule has 0 spiro atoms. The van der Waals surface area contributed by atoms with Gasteiger partial charge in [0.05, 0.1) is 34.8 Å². The number of hydrogen-bond acceptors (Lipinski definition) is 4. The molecule has 0 aliphatic heterocycles. The molecule has 1 heterocycles. The average molecular weight is 230 g/mol. The van der Waals surface area contributed by atoms with Crippen molar-refractivity contribution < 1.29 is 5.11 Å². The number of aliphatic hydroxyl groups is 1. The Labute approximate surface area is 99.1 Å². The number of aromatic nitrogens is 2. The van der Waals surface area contributed by atoms with Crippen LogP contribution in [0.1, 0.15) is 19.4 Å². The summed E-state index contributed by atoms with van der Waals surface area (Å²) in [6, 6.07) is 7.27. The SMILES string of the molecule is CC(C)(CO)n1c(N)nc2cc(C#N)ccc21. The van der Waals surface area contributed by atoms with E-state index in [0.717, 1.165) is 5.52 Å². The molecule has 0 unspecified atom stereocenters. The summed E-state index contributed by atoms with van der Waals surface area (Å²) >= 11 is 0. The zero-order valence-electron chi connectivity index (χ0n) is 9.81. The molecule has 0 aliphatic rings. The van der Waals surface area contributed by atoms with Crippen molar-refractivity contribution >= 4 is 17.0 Å². The summed E-state index contributed by atoms with van der Waals surface area (Å²) in [6.07, 6.45) is 0. The second kappa shape index (κ2) is 3.75. The zero-order chi connectivity index (χ0) is 12.6. The first-order chi connectivity index (χ1) is 7.99. The van der Waals surface area contributed by atoms with E-state index in [2.05, 4.69) is 11.1 Å². The first-order valence-electron chi connectivity index (χ1n) is 5.29. The van der Waals surface area contributed by atoms with Gasteiger partial charge >= 0.3 is 0 Å². The molecule has 5 nitrogen and oxygen atoms in total. The molecular formula is C12H14N4O. The van der Waals surface area contributed by atoms with Crippen LogP contribution in [0.25, 0.3) is 11.0 Å². The van der Waals surface area contributed by atoms with Gasteiger partial charge in [0.25, 0.3) is 0 Å². The van der Waals surface area contributed by atoms with E-state index in [0.29, 0.717) is 17.0 Å². The Hall–Kier alpha value is -2.06. The molecule has 0 bridgehead atoms. The fourth-order valence-electron chi connectivity index (χ4n) is 1.88. The topological polar surface area (TPSA) is 87.9 Å². The van der Waals surface area contributed by atoms with Crippen LogP contribution in [0.4, 0.5) is 5.95 Å². The average Bonchev–Trinajstić information content (AvgIpc) is 2.64. The number of fused-ring (bicyclic) bond motifs is 1. The Morgan fingerprint density at radius 2 is 2.24 bits per heavy atom. The molecule has 0 fully saturated rings. The second-order valence-electron chi connectivity index (χ2n) is 4.59. The van der Waals surface area contributed by atoms with E-state index in [1.165, 1.54) is 0 Å². The fraction of sp³-hybridized carbons (Fsp3) is 0.333. The lowest BCUT2D eigenvalue weighted by molar-refractivity contribution is 0.169. The van der Waals surface area contributed by atoms with Gasteiger partial charge in [0.2, 0.25) is 5.95 Å². The van der Waals surface area contributed by atoms with Crippen LogP contribution in [0.5, 0.6) is 0 Å². The fourth-order valence-corrected chi connectivity index (χ4v) is 1.88. The third-order valence-corrected chi connectivity index (χ3v) is 2.80. The number of hydrogen-bond donors (Lipinski definition) is 2. The Kier molecular flexibility index (Phi) is 2.52. The molecule has 88 valence electrons. The van der Waals surface area contributed by atoms with Crippen molar-refractivity contribution in [2.24, 2.45) is 0 Å². The third kappa shape index (κ3) is 1.73. The minimum Gasteiger partial charge on any atom is -0.394 e. The van der Waals surface area contributed by atoms with E-state index in [4.69, 9.17) is 11.0 Å². The third-order valence-electron chi connectivity index (χ3n) is 2.80. The van der Waals surface area contributed by atoms with Crippen LogP contribution in [0.2, 0.25) is 0 Å². The highest BCUT2D eigenvalue weighted by Gasteiger charge is 2.24. The van der Waals surface area contributed by atoms with Gasteiger partial charge in [0.15, 0.2) is 0 Å². The van der Waals surface area contributed by atoms with E-state index in [1.54, 1.807) is 22.8 Å². The van der Waals surface area contributed by atoms with E-state index < -0.39 is 5.54 Å².